The second-order valence-electron chi connectivity index (χ2n) is 8.29. The number of halogens is 1. The van der Waals surface area contributed by atoms with E-state index >= 15 is 0 Å². The number of carbonyl (C=O) groups excluding carboxylic acids is 1. The zero-order valence-electron chi connectivity index (χ0n) is 19.0. The van der Waals surface area contributed by atoms with Crippen LogP contribution in [0.2, 0.25) is 0 Å². The van der Waals surface area contributed by atoms with Crippen molar-refractivity contribution in [3.05, 3.63) is 42.4 Å². The Hall–Kier alpha value is -3.99. The number of anilines is 3. The van der Waals surface area contributed by atoms with Crippen LogP contribution in [-0.2, 0) is 11.8 Å². The molecule has 0 spiro atoms. The lowest BCUT2D eigenvalue weighted by Gasteiger charge is -2.12. The number of para-hydroxylation sites is 1. The number of amides is 1. The number of benzene rings is 1. The molecule has 0 unspecified atom stereocenters. The average Bonchev–Trinajstić information content (AvgIpc) is 3.53. The lowest BCUT2D eigenvalue weighted by molar-refractivity contribution is -0.117. The number of nitrogens with one attached hydrogen (secondary N) is 4. The molecule has 0 aliphatic carbocycles. The number of methoxy groups -OCH3 is 1. The van der Waals surface area contributed by atoms with Gasteiger partial charge in [0.25, 0.3) is 5.88 Å². The topological polar surface area (TPSA) is 122 Å². The van der Waals surface area contributed by atoms with Crippen LogP contribution in [0, 0.1) is 6.92 Å². The number of rotatable bonds is 6. The first-order valence-corrected chi connectivity index (χ1v) is 10.9. The maximum absolute atomic E-state index is 13.5. The van der Waals surface area contributed by atoms with E-state index in [1.54, 1.807) is 31.2 Å². The molecule has 1 aromatic carbocycles. The molecule has 10 nitrogen and oxygen atoms in total. The third kappa shape index (κ3) is 4.05. The number of nitrogens with zero attached hydrogens (tertiary/aromatic N) is 4. The molecule has 1 amide bonds. The van der Waals surface area contributed by atoms with Gasteiger partial charge in [-0.2, -0.15) is 0 Å². The highest BCUT2D eigenvalue weighted by atomic mass is 19.1. The summed E-state index contributed by atoms with van der Waals surface area (Å²) in [5, 5.41) is 14.1. The number of H-pyrrole nitrogens is 1. The summed E-state index contributed by atoms with van der Waals surface area (Å²) in [7, 11) is 3.35. The Morgan fingerprint density at radius 1 is 1.32 bits per heavy atom. The molecule has 4 N–H and O–H groups in total. The number of hydrogen-bond acceptors (Lipinski definition) is 7. The van der Waals surface area contributed by atoms with Crippen LogP contribution < -0.4 is 20.7 Å². The van der Waals surface area contributed by atoms with Crippen molar-refractivity contribution in [2.24, 2.45) is 7.05 Å². The molecule has 3 aromatic heterocycles. The van der Waals surface area contributed by atoms with Crippen molar-refractivity contribution in [2.75, 3.05) is 24.3 Å². The Morgan fingerprint density at radius 2 is 2.18 bits per heavy atom. The van der Waals surface area contributed by atoms with Gasteiger partial charge in [0.05, 0.1) is 36.2 Å². The summed E-state index contributed by atoms with van der Waals surface area (Å²) >= 11 is 0. The van der Waals surface area contributed by atoms with Gasteiger partial charge in [0.15, 0.2) is 0 Å². The summed E-state index contributed by atoms with van der Waals surface area (Å²) in [4.78, 5) is 25.0. The second-order valence-corrected chi connectivity index (χ2v) is 8.29. The summed E-state index contributed by atoms with van der Waals surface area (Å²) in [5.74, 6) is 0.592. The fourth-order valence-corrected chi connectivity index (χ4v) is 4.17. The van der Waals surface area contributed by atoms with Gasteiger partial charge < -0.3 is 25.7 Å². The SMILES string of the molecule is COc1nn(C)cc1Nc1ncc(C)c(-c2c[nH]c3c(NC(=O)[C@H]4C[C@@H](F)CN4)cccc23)n1. The van der Waals surface area contributed by atoms with Crippen LogP contribution in [0.5, 0.6) is 5.88 Å². The second kappa shape index (κ2) is 8.75. The molecular weight excluding hydrogens is 439 g/mol. The predicted molar refractivity (Wildman–Crippen MR) is 127 cm³/mol. The normalized spacial score (nSPS) is 17.8. The van der Waals surface area contributed by atoms with Crippen molar-refractivity contribution in [1.29, 1.82) is 0 Å². The molecule has 176 valence electrons. The Kier molecular flexibility index (Phi) is 5.62. The fourth-order valence-electron chi connectivity index (χ4n) is 4.17. The van der Waals surface area contributed by atoms with Crippen LogP contribution in [0.15, 0.2) is 36.8 Å². The minimum absolute atomic E-state index is 0.176. The monoisotopic (exact) mass is 464 g/mol. The van der Waals surface area contributed by atoms with E-state index in [4.69, 9.17) is 9.72 Å². The quantitative estimate of drug-likeness (QED) is 0.346. The van der Waals surface area contributed by atoms with E-state index in [9.17, 15) is 9.18 Å². The van der Waals surface area contributed by atoms with Gasteiger partial charge in [0.1, 0.15) is 11.9 Å². The fraction of sp³-hybridized carbons (Fsp3) is 0.304. The van der Waals surface area contributed by atoms with E-state index in [0.717, 1.165) is 27.7 Å². The molecule has 0 radical (unpaired) electrons. The number of alkyl halides is 1. The smallest absolute Gasteiger partial charge is 0.256 e. The van der Waals surface area contributed by atoms with Gasteiger partial charge in [-0.05, 0) is 18.6 Å². The summed E-state index contributed by atoms with van der Waals surface area (Å²) in [6.45, 7) is 2.14. The molecule has 34 heavy (non-hydrogen) atoms. The third-order valence-corrected chi connectivity index (χ3v) is 5.83. The van der Waals surface area contributed by atoms with E-state index in [2.05, 4.69) is 31.0 Å². The lowest BCUT2D eigenvalue weighted by atomic mass is 10.1. The molecule has 1 aliphatic heterocycles. The van der Waals surface area contributed by atoms with Crippen molar-refractivity contribution in [3.63, 3.8) is 0 Å². The van der Waals surface area contributed by atoms with Crippen LogP contribution in [0.1, 0.15) is 12.0 Å². The van der Waals surface area contributed by atoms with Crippen LogP contribution in [-0.4, -0.2) is 56.5 Å². The third-order valence-electron chi connectivity index (χ3n) is 5.83. The number of ether oxygens (including phenoxy) is 1. The molecule has 5 rings (SSSR count). The van der Waals surface area contributed by atoms with E-state index in [-0.39, 0.29) is 18.9 Å². The van der Waals surface area contributed by atoms with Crippen molar-refractivity contribution in [2.45, 2.75) is 25.6 Å². The first-order chi connectivity index (χ1) is 16.4. The highest BCUT2D eigenvalue weighted by Gasteiger charge is 2.29. The van der Waals surface area contributed by atoms with E-state index in [0.29, 0.717) is 23.2 Å². The van der Waals surface area contributed by atoms with E-state index in [1.807, 2.05) is 31.3 Å². The number of aromatic amines is 1. The largest absolute Gasteiger partial charge is 0.478 e. The summed E-state index contributed by atoms with van der Waals surface area (Å²) in [6, 6.07) is 5.10. The van der Waals surface area contributed by atoms with Gasteiger partial charge in [-0.1, -0.05) is 12.1 Å². The average molecular weight is 465 g/mol. The molecule has 2 atom stereocenters. The molecule has 11 heteroatoms. The Morgan fingerprint density at radius 3 is 2.94 bits per heavy atom. The van der Waals surface area contributed by atoms with Gasteiger partial charge >= 0.3 is 0 Å². The van der Waals surface area contributed by atoms with Gasteiger partial charge in [0.2, 0.25) is 11.9 Å². The zero-order valence-corrected chi connectivity index (χ0v) is 19.0. The van der Waals surface area contributed by atoms with Gasteiger partial charge in [-0.3, -0.25) is 9.48 Å². The summed E-state index contributed by atoms with van der Waals surface area (Å²) in [6.07, 6.45) is 4.56. The standard InChI is InChI=1S/C23H25FN8O2/c1-12-8-27-23(29-18-11-32(2)31-22(18)34-3)30-19(12)15-10-26-20-14(15)5-4-6-16(20)28-21(33)17-7-13(24)9-25-17/h4-6,8,10-11,13,17,25-26H,7,9H2,1-3H3,(H,28,33)(H,27,29,30)/t13-,17-/m1/s1. The van der Waals surface area contributed by atoms with Gasteiger partial charge in [-0.25, -0.2) is 14.4 Å². The zero-order chi connectivity index (χ0) is 23.8. The van der Waals surface area contributed by atoms with Crippen molar-refractivity contribution in [1.82, 2.24) is 30.0 Å². The minimum atomic E-state index is -1.00. The molecule has 4 aromatic rings. The van der Waals surface area contributed by atoms with Crippen LogP contribution in [0.3, 0.4) is 0 Å². The predicted octanol–water partition coefficient (Wildman–Crippen LogP) is 3.06. The molecule has 4 heterocycles. The van der Waals surface area contributed by atoms with E-state index in [1.165, 1.54) is 0 Å². The number of aromatic nitrogens is 5. The molecule has 1 fully saturated rings. The Labute approximate surface area is 194 Å². The Bertz CT molecular complexity index is 1360. The summed E-state index contributed by atoms with van der Waals surface area (Å²) in [5.41, 5.74) is 4.55. The van der Waals surface area contributed by atoms with Crippen molar-refractivity contribution in [3.8, 4) is 17.1 Å². The molecule has 1 saturated heterocycles. The van der Waals surface area contributed by atoms with Crippen molar-refractivity contribution < 1.29 is 13.9 Å². The number of hydrogen-bond donors (Lipinski definition) is 4. The highest BCUT2D eigenvalue weighted by Crippen LogP contribution is 2.34. The first-order valence-electron chi connectivity index (χ1n) is 10.9. The van der Waals surface area contributed by atoms with E-state index < -0.39 is 12.2 Å². The molecule has 0 bridgehead atoms. The van der Waals surface area contributed by atoms with Crippen LogP contribution in [0.4, 0.5) is 21.7 Å². The van der Waals surface area contributed by atoms with Gasteiger partial charge in [-0.15, -0.1) is 5.10 Å². The highest BCUT2D eigenvalue weighted by molar-refractivity contribution is 6.06. The molecule has 1 aliphatic rings. The number of aryl methyl sites for hydroxylation is 2. The van der Waals surface area contributed by atoms with Crippen LogP contribution >= 0.6 is 0 Å². The molecule has 0 saturated carbocycles. The maximum atomic E-state index is 13.5. The first kappa shape index (κ1) is 21.8. The van der Waals surface area contributed by atoms with Crippen molar-refractivity contribution >= 4 is 34.1 Å². The number of fused-ring (bicyclic) bond motifs is 1. The number of carbonyl (C=O) groups is 1. The van der Waals surface area contributed by atoms with Gasteiger partial charge in [0, 0.05) is 43.4 Å². The summed E-state index contributed by atoms with van der Waals surface area (Å²) < 4.78 is 20.4. The Balaban J connectivity index is 1.46. The maximum Gasteiger partial charge on any atom is 0.256 e. The lowest BCUT2D eigenvalue weighted by Crippen LogP contribution is -2.35. The molecular formula is C23H25FN8O2. The minimum Gasteiger partial charge on any atom is -0.478 e. The van der Waals surface area contributed by atoms with Crippen LogP contribution in [0.25, 0.3) is 22.2 Å².